The summed E-state index contributed by atoms with van der Waals surface area (Å²) < 4.78 is 39.1. The molecule has 2 aliphatic rings. The highest BCUT2D eigenvalue weighted by Gasteiger charge is 2.41. The fourth-order valence-corrected chi connectivity index (χ4v) is 8.72. The number of nitrogens with zero attached hydrogens (tertiary/aromatic N) is 6. The summed E-state index contributed by atoms with van der Waals surface area (Å²) in [5, 5.41) is 13.8. The van der Waals surface area contributed by atoms with Crippen LogP contribution in [0.15, 0.2) is 60.8 Å². The molecule has 57 heavy (non-hydrogen) atoms. The zero-order valence-corrected chi connectivity index (χ0v) is 33.6. The summed E-state index contributed by atoms with van der Waals surface area (Å²) in [6.45, 7) is 2.86. The van der Waals surface area contributed by atoms with Gasteiger partial charge in [-0.3, -0.25) is 14.7 Å². The van der Waals surface area contributed by atoms with Gasteiger partial charge in [0.1, 0.15) is 5.52 Å². The Balaban J connectivity index is 1.14. The van der Waals surface area contributed by atoms with Gasteiger partial charge < -0.3 is 24.8 Å². The Labute approximate surface area is 340 Å². The number of methoxy groups -OCH3 is 2. The van der Waals surface area contributed by atoms with Crippen LogP contribution in [0.3, 0.4) is 0 Å². The minimum absolute atomic E-state index is 0.0820. The van der Waals surface area contributed by atoms with Crippen LogP contribution in [-0.2, 0) is 22.6 Å². The van der Waals surface area contributed by atoms with Crippen molar-refractivity contribution in [2.75, 3.05) is 46.2 Å². The Morgan fingerprint density at radius 3 is 2.46 bits per heavy atom. The predicted molar refractivity (Wildman–Crippen MR) is 217 cm³/mol. The van der Waals surface area contributed by atoms with E-state index in [-0.39, 0.29) is 28.4 Å². The molecular formula is C42H45Cl2F2N7O4. The van der Waals surface area contributed by atoms with Gasteiger partial charge in [-0.15, -0.1) is 0 Å². The summed E-state index contributed by atoms with van der Waals surface area (Å²) >= 11 is 14.2. The van der Waals surface area contributed by atoms with Gasteiger partial charge in [-0.2, -0.15) is 0 Å². The second-order valence-corrected chi connectivity index (χ2v) is 15.7. The summed E-state index contributed by atoms with van der Waals surface area (Å²) in [5.41, 5.74) is 4.56. The molecule has 300 valence electrons. The van der Waals surface area contributed by atoms with Crippen molar-refractivity contribution in [1.82, 2.24) is 29.7 Å². The van der Waals surface area contributed by atoms with Gasteiger partial charge in [0.25, 0.3) is 6.43 Å². The van der Waals surface area contributed by atoms with Gasteiger partial charge in [-0.25, -0.2) is 23.7 Å². The van der Waals surface area contributed by atoms with Crippen LogP contribution in [0.1, 0.15) is 61.9 Å². The van der Waals surface area contributed by atoms with Gasteiger partial charge in [0, 0.05) is 61.2 Å². The highest BCUT2D eigenvalue weighted by atomic mass is 35.5. The van der Waals surface area contributed by atoms with Crippen LogP contribution in [-0.4, -0.2) is 87.8 Å². The number of fused-ring (bicyclic) bond motifs is 1. The van der Waals surface area contributed by atoms with Gasteiger partial charge in [0.05, 0.1) is 52.7 Å². The van der Waals surface area contributed by atoms with E-state index in [9.17, 15) is 18.7 Å². The number of alkyl halides is 2. The van der Waals surface area contributed by atoms with Crippen molar-refractivity contribution < 1.29 is 28.2 Å². The van der Waals surface area contributed by atoms with Gasteiger partial charge in [-0.05, 0) is 50.1 Å². The molecule has 0 radical (unpaired) electrons. The van der Waals surface area contributed by atoms with Crippen LogP contribution in [0.25, 0.3) is 33.4 Å². The number of aromatic nitrogens is 4. The molecule has 1 aliphatic heterocycles. The Morgan fingerprint density at radius 1 is 1.02 bits per heavy atom. The molecule has 3 aromatic heterocycles. The number of pyridine rings is 2. The first kappa shape index (κ1) is 40.7. The van der Waals surface area contributed by atoms with Crippen molar-refractivity contribution in [2.24, 2.45) is 5.41 Å². The van der Waals surface area contributed by atoms with Crippen molar-refractivity contribution in [2.45, 2.75) is 64.1 Å². The summed E-state index contributed by atoms with van der Waals surface area (Å²) in [4.78, 5) is 34.7. The molecule has 15 heteroatoms. The Hall–Kier alpha value is -4.53. The predicted octanol–water partition coefficient (Wildman–Crippen LogP) is 8.87. The normalized spacial score (nSPS) is 17.1. The number of halogens is 4. The first-order valence-electron chi connectivity index (χ1n) is 19.0. The molecule has 2 fully saturated rings. The number of aliphatic hydroxyl groups is 1. The number of anilines is 2. The van der Waals surface area contributed by atoms with E-state index in [0.29, 0.717) is 77.1 Å². The lowest BCUT2D eigenvalue weighted by molar-refractivity contribution is -0.156. The molecule has 2 aromatic carbocycles. The lowest BCUT2D eigenvalue weighted by Crippen LogP contribution is -2.43. The van der Waals surface area contributed by atoms with E-state index in [0.717, 1.165) is 49.8 Å². The molecule has 2 N–H and O–H groups in total. The van der Waals surface area contributed by atoms with Crippen LogP contribution in [0.4, 0.5) is 20.3 Å². The lowest BCUT2D eigenvalue weighted by Gasteiger charge is -2.37. The minimum atomic E-state index is -2.92. The molecule has 1 aliphatic carbocycles. The van der Waals surface area contributed by atoms with Crippen molar-refractivity contribution in [1.29, 1.82) is 0 Å². The quantitative estimate of drug-likeness (QED) is 0.111. The molecule has 0 spiro atoms. The number of rotatable bonds is 13. The van der Waals surface area contributed by atoms with Crippen LogP contribution in [0.2, 0.25) is 10.0 Å². The number of carbonyl (C=O) groups is 1. The molecule has 0 bridgehead atoms. The number of hydrogen-bond donors (Lipinski definition) is 2. The maximum atomic E-state index is 14.1. The van der Waals surface area contributed by atoms with Crippen molar-refractivity contribution >= 4 is 51.7 Å². The summed E-state index contributed by atoms with van der Waals surface area (Å²) in [5.74, 6) is -0.274. The summed E-state index contributed by atoms with van der Waals surface area (Å²) in [6.07, 6.45) is 3.78. The van der Waals surface area contributed by atoms with Gasteiger partial charge in [0.15, 0.2) is 11.6 Å². The zero-order chi connectivity index (χ0) is 40.3. The smallest absolute Gasteiger partial charge is 0.313 e. The number of benzene rings is 2. The van der Waals surface area contributed by atoms with Crippen LogP contribution in [0.5, 0.6) is 5.88 Å². The van der Waals surface area contributed by atoms with Crippen LogP contribution in [0, 0.1) is 5.41 Å². The first-order chi connectivity index (χ1) is 27.5. The second kappa shape index (κ2) is 17.5. The standard InChI is InChI=1S/C42H45Cl2F2N7O4/c1-52(24-42(41(55)57-3)16-5-4-6-17-42)22-26-13-14-31(50-40(26)56-2)30-11-7-9-28(34(30)43)29-10-8-12-32(35(29)44)48-38-36-33(49-39(51-38)37(45)46)19-25(20-47-36)21-53-18-15-27(54)23-53/h7-14,19-20,27,37,54H,4-6,15-18,21-24H2,1-3H3,(H,48,49,51)/t27-/m1/s1. The van der Waals surface area contributed by atoms with E-state index in [2.05, 4.69) is 30.1 Å². The SMILES string of the molecule is COC(=O)C1(CN(C)Cc2ccc(-c3cccc(-c4cccc(Nc5nc(C(F)F)nc6cc(CN7CC[C@@H](O)C7)cnc56)c4Cl)c3Cl)nc2OC)CCCCC1. The molecule has 1 saturated heterocycles. The minimum Gasteiger partial charge on any atom is -0.481 e. The van der Waals surface area contributed by atoms with Crippen molar-refractivity contribution in [3.8, 4) is 28.3 Å². The monoisotopic (exact) mass is 819 g/mol. The molecule has 1 atom stereocenters. The fourth-order valence-electron chi connectivity index (χ4n) is 8.12. The number of β-amino-alcohol motifs (C(OH)–C–C–N with tert-alkyl or cyclic N) is 1. The third kappa shape index (κ3) is 8.83. The Kier molecular flexibility index (Phi) is 12.5. The number of nitrogens with one attached hydrogen (secondary N) is 1. The maximum absolute atomic E-state index is 14.1. The fraction of sp³-hybridized carbons (Fsp3) is 0.405. The summed E-state index contributed by atoms with van der Waals surface area (Å²) in [7, 11) is 5.02. The van der Waals surface area contributed by atoms with Crippen molar-refractivity contribution in [3.63, 3.8) is 0 Å². The number of hydrogen-bond acceptors (Lipinski definition) is 11. The summed E-state index contributed by atoms with van der Waals surface area (Å²) in [6, 6.07) is 16.5. The zero-order valence-electron chi connectivity index (χ0n) is 32.1. The van der Waals surface area contributed by atoms with E-state index in [1.54, 1.807) is 31.5 Å². The number of carbonyl (C=O) groups excluding carboxylic acids is 1. The molecule has 7 rings (SSSR count). The lowest BCUT2D eigenvalue weighted by atomic mass is 9.73. The highest BCUT2D eigenvalue weighted by Crippen LogP contribution is 2.43. The van der Waals surface area contributed by atoms with Gasteiger partial charge >= 0.3 is 5.97 Å². The number of likely N-dealkylation sites (tertiary alicyclic amines) is 1. The molecule has 4 heterocycles. The van der Waals surface area contributed by atoms with Crippen molar-refractivity contribution in [3.05, 3.63) is 87.8 Å². The number of esters is 1. The van der Waals surface area contributed by atoms with E-state index < -0.39 is 17.7 Å². The molecule has 5 aromatic rings. The molecule has 11 nitrogen and oxygen atoms in total. The highest BCUT2D eigenvalue weighted by molar-refractivity contribution is 6.39. The average Bonchev–Trinajstić information content (AvgIpc) is 3.62. The van der Waals surface area contributed by atoms with E-state index in [1.807, 2.05) is 43.4 Å². The first-order valence-corrected chi connectivity index (χ1v) is 19.7. The largest absolute Gasteiger partial charge is 0.481 e. The Morgan fingerprint density at radius 2 is 1.75 bits per heavy atom. The van der Waals surface area contributed by atoms with E-state index in [1.165, 1.54) is 7.11 Å². The average molecular weight is 821 g/mol. The third-order valence-electron chi connectivity index (χ3n) is 10.8. The second-order valence-electron chi connectivity index (χ2n) is 14.9. The number of ether oxygens (including phenoxy) is 2. The number of aliphatic hydroxyl groups excluding tert-OH is 1. The maximum Gasteiger partial charge on any atom is 0.313 e. The van der Waals surface area contributed by atoms with Crippen LogP contribution < -0.4 is 10.1 Å². The van der Waals surface area contributed by atoms with Gasteiger partial charge in [0.2, 0.25) is 5.88 Å². The third-order valence-corrected chi connectivity index (χ3v) is 11.7. The molecule has 0 unspecified atom stereocenters. The van der Waals surface area contributed by atoms with E-state index in [4.69, 9.17) is 37.7 Å². The molecule has 0 amide bonds. The topological polar surface area (TPSA) is 126 Å². The molecule has 1 saturated carbocycles. The van der Waals surface area contributed by atoms with Gasteiger partial charge in [-0.1, -0.05) is 78.9 Å². The van der Waals surface area contributed by atoms with E-state index >= 15 is 0 Å². The van der Waals surface area contributed by atoms with Crippen LogP contribution >= 0.6 is 23.2 Å². The molecular weight excluding hydrogens is 775 g/mol. The Bertz CT molecular complexity index is 2260.